The second kappa shape index (κ2) is 8.99. The largest absolute Gasteiger partial charge is 0.356 e. The van der Waals surface area contributed by atoms with Gasteiger partial charge in [0.2, 0.25) is 5.91 Å². The van der Waals surface area contributed by atoms with Gasteiger partial charge in [-0.05, 0) is 37.3 Å². The van der Waals surface area contributed by atoms with E-state index in [1.807, 2.05) is 29.2 Å². The van der Waals surface area contributed by atoms with E-state index in [1.54, 1.807) is 10.9 Å². The molecule has 1 atom stereocenters. The standard InChI is InChI=1S/C19H24ClN5O2/c1-14(26)21-10-9-16-7-4-5-11-25(16)19(27)18-13-24(23-22-18)12-15-6-2-3-8-17(15)20/h2-3,6,8,13,16H,4-5,7,9-12H2,1H3,(H,21,26)/t16-/m0/s1. The van der Waals surface area contributed by atoms with Crippen molar-refractivity contribution in [3.8, 4) is 0 Å². The van der Waals surface area contributed by atoms with Crippen LogP contribution in [-0.2, 0) is 11.3 Å². The maximum Gasteiger partial charge on any atom is 0.276 e. The van der Waals surface area contributed by atoms with Gasteiger partial charge in [0.25, 0.3) is 5.91 Å². The highest BCUT2D eigenvalue weighted by Gasteiger charge is 2.28. The Morgan fingerprint density at radius 2 is 2.11 bits per heavy atom. The molecular formula is C19H24ClN5O2. The van der Waals surface area contributed by atoms with Crippen LogP contribution in [0.5, 0.6) is 0 Å². The summed E-state index contributed by atoms with van der Waals surface area (Å²) >= 11 is 6.19. The molecule has 1 aliphatic heterocycles. The molecule has 3 rings (SSSR count). The van der Waals surface area contributed by atoms with Crippen molar-refractivity contribution in [2.45, 2.75) is 45.2 Å². The van der Waals surface area contributed by atoms with Crippen LogP contribution < -0.4 is 5.32 Å². The number of likely N-dealkylation sites (tertiary alicyclic amines) is 1. The number of hydrogen-bond acceptors (Lipinski definition) is 4. The molecule has 1 aromatic carbocycles. The predicted molar refractivity (Wildman–Crippen MR) is 103 cm³/mol. The minimum absolute atomic E-state index is 0.0498. The van der Waals surface area contributed by atoms with Crippen LogP contribution in [0.3, 0.4) is 0 Å². The number of nitrogens with zero attached hydrogens (tertiary/aromatic N) is 4. The maximum atomic E-state index is 12.9. The molecule has 7 nitrogen and oxygen atoms in total. The number of nitrogens with one attached hydrogen (secondary N) is 1. The number of carbonyl (C=O) groups is 2. The van der Waals surface area contributed by atoms with Crippen LogP contribution >= 0.6 is 11.6 Å². The summed E-state index contributed by atoms with van der Waals surface area (Å²) in [4.78, 5) is 25.9. The molecule has 0 radical (unpaired) electrons. The third kappa shape index (κ3) is 5.07. The van der Waals surface area contributed by atoms with Crippen LogP contribution in [0.25, 0.3) is 0 Å². The van der Waals surface area contributed by atoms with E-state index in [-0.39, 0.29) is 17.9 Å². The number of amides is 2. The Bertz CT molecular complexity index is 807. The van der Waals surface area contributed by atoms with Crippen LogP contribution in [0.4, 0.5) is 0 Å². The molecule has 0 unspecified atom stereocenters. The second-order valence-corrected chi connectivity index (χ2v) is 7.22. The lowest BCUT2D eigenvalue weighted by atomic mass is 9.99. The SMILES string of the molecule is CC(=O)NCC[C@@H]1CCCCN1C(=O)c1cn(Cc2ccccc2Cl)nn1. The van der Waals surface area contributed by atoms with Gasteiger partial charge in [0.05, 0.1) is 12.7 Å². The summed E-state index contributed by atoms with van der Waals surface area (Å²) in [7, 11) is 0. The fraction of sp³-hybridized carbons (Fsp3) is 0.474. The van der Waals surface area contributed by atoms with Gasteiger partial charge in [-0.25, -0.2) is 4.68 Å². The third-order valence-electron chi connectivity index (χ3n) is 4.79. The van der Waals surface area contributed by atoms with Gasteiger partial charge in [-0.15, -0.1) is 5.10 Å². The van der Waals surface area contributed by atoms with E-state index in [0.29, 0.717) is 30.4 Å². The van der Waals surface area contributed by atoms with Gasteiger partial charge < -0.3 is 10.2 Å². The highest BCUT2D eigenvalue weighted by Crippen LogP contribution is 2.21. The van der Waals surface area contributed by atoms with Crippen LogP contribution in [0.1, 0.15) is 48.7 Å². The molecule has 1 N–H and O–H groups in total. The van der Waals surface area contributed by atoms with Crippen molar-refractivity contribution in [1.82, 2.24) is 25.2 Å². The Morgan fingerprint density at radius 3 is 2.89 bits per heavy atom. The molecule has 27 heavy (non-hydrogen) atoms. The Hall–Kier alpha value is -2.41. The first-order valence-corrected chi connectivity index (χ1v) is 9.61. The Labute approximate surface area is 163 Å². The van der Waals surface area contributed by atoms with Crippen molar-refractivity contribution in [1.29, 1.82) is 0 Å². The molecule has 0 spiro atoms. The topological polar surface area (TPSA) is 80.1 Å². The van der Waals surface area contributed by atoms with Gasteiger partial charge in [0.15, 0.2) is 5.69 Å². The molecule has 8 heteroatoms. The average Bonchev–Trinajstić information content (AvgIpc) is 3.12. The van der Waals surface area contributed by atoms with Crippen molar-refractivity contribution in [2.75, 3.05) is 13.1 Å². The third-order valence-corrected chi connectivity index (χ3v) is 5.16. The van der Waals surface area contributed by atoms with Crippen molar-refractivity contribution < 1.29 is 9.59 Å². The summed E-state index contributed by atoms with van der Waals surface area (Å²) in [5, 5.41) is 11.6. The monoisotopic (exact) mass is 389 g/mol. The minimum Gasteiger partial charge on any atom is -0.356 e. The minimum atomic E-state index is -0.104. The average molecular weight is 390 g/mol. The van der Waals surface area contributed by atoms with Gasteiger partial charge in [0, 0.05) is 31.1 Å². The molecule has 2 aromatic rings. The van der Waals surface area contributed by atoms with Gasteiger partial charge in [-0.3, -0.25) is 9.59 Å². The second-order valence-electron chi connectivity index (χ2n) is 6.81. The van der Waals surface area contributed by atoms with E-state index in [0.717, 1.165) is 31.2 Å². The number of halogens is 1. The van der Waals surface area contributed by atoms with Crippen LogP contribution in [0.15, 0.2) is 30.5 Å². The molecule has 0 bridgehead atoms. The van der Waals surface area contributed by atoms with Crippen LogP contribution in [-0.4, -0.2) is 50.8 Å². The zero-order chi connectivity index (χ0) is 19.2. The van der Waals surface area contributed by atoms with E-state index in [4.69, 9.17) is 11.6 Å². The molecule has 144 valence electrons. The summed E-state index contributed by atoms with van der Waals surface area (Å²) in [6.45, 7) is 3.25. The van der Waals surface area contributed by atoms with E-state index in [2.05, 4.69) is 15.6 Å². The Balaban J connectivity index is 1.66. The number of piperidine rings is 1. The summed E-state index contributed by atoms with van der Waals surface area (Å²) < 4.78 is 1.63. The molecule has 2 amide bonds. The fourth-order valence-corrected chi connectivity index (χ4v) is 3.60. The summed E-state index contributed by atoms with van der Waals surface area (Å²) in [5.41, 5.74) is 1.27. The smallest absolute Gasteiger partial charge is 0.276 e. The van der Waals surface area contributed by atoms with E-state index in [9.17, 15) is 9.59 Å². The first-order chi connectivity index (χ1) is 13.0. The van der Waals surface area contributed by atoms with Gasteiger partial charge in [0.1, 0.15) is 0 Å². The van der Waals surface area contributed by atoms with Gasteiger partial charge >= 0.3 is 0 Å². The number of carbonyl (C=O) groups excluding carboxylic acids is 2. The lowest BCUT2D eigenvalue weighted by molar-refractivity contribution is -0.119. The zero-order valence-corrected chi connectivity index (χ0v) is 16.2. The molecule has 0 saturated carbocycles. The zero-order valence-electron chi connectivity index (χ0n) is 15.4. The van der Waals surface area contributed by atoms with E-state index < -0.39 is 0 Å². The number of benzene rings is 1. The van der Waals surface area contributed by atoms with Crippen molar-refractivity contribution >= 4 is 23.4 Å². The van der Waals surface area contributed by atoms with E-state index in [1.165, 1.54) is 6.92 Å². The summed E-state index contributed by atoms with van der Waals surface area (Å²) in [6, 6.07) is 7.66. The molecule has 1 fully saturated rings. The summed E-state index contributed by atoms with van der Waals surface area (Å²) in [6.07, 6.45) is 5.44. The van der Waals surface area contributed by atoms with E-state index >= 15 is 0 Å². The van der Waals surface area contributed by atoms with Crippen LogP contribution in [0.2, 0.25) is 5.02 Å². The first kappa shape index (κ1) is 19.4. The molecule has 1 aliphatic rings. The van der Waals surface area contributed by atoms with Crippen molar-refractivity contribution in [2.24, 2.45) is 0 Å². The molecular weight excluding hydrogens is 366 g/mol. The van der Waals surface area contributed by atoms with Crippen LogP contribution in [0, 0.1) is 0 Å². The Morgan fingerprint density at radius 1 is 1.30 bits per heavy atom. The predicted octanol–water partition coefficient (Wildman–Crippen LogP) is 2.50. The lowest BCUT2D eigenvalue weighted by Gasteiger charge is -2.35. The number of rotatable bonds is 6. The molecule has 1 aromatic heterocycles. The Kier molecular flexibility index (Phi) is 6.45. The first-order valence-electron chi connectivity index (χ1n) is 9.23. The fourth-order valence-electron chi connectivity index (χ4n) is 3.40. The number of hydrogen-bond donors (Lipinski definition) is 1. The molecule has 2 heterocycles. The normalized spacial score (nSPS) is 17.0. The summed E-state index contributed by atoms with van der Waals surface area (Å²) in [5.74, 6) is -0.154. The van der Waals surface area contributed by atoms with Crippen molar-refractivity contribution in [3.05, 3.63) is 46.7 Å². The quantitative estimate of drug-likeness (QED) is 0.823. The molecule has 0 aliphatic carbocycles. The lowest BCUT2D eigenvalue weighted by Crippen LogP contribution is -2.45. The number of aromatic nitrogens is 3. The maximum absolute atomic E-state index is 12.9. The van der Waals surface area contributed by atoms with Crippen molar-refractivity contribution in [3.63, 3.8) is 0 Å². The molecule has 1 saturated heterocycles. The highest BCUT2D eigenvalue weighted by molar-refractivity contribution is 6.31. The van der Waals surface area contributed by atoms with Gasteiger partial charge in [-0.2, -0.15) is 0 Å². The highest BCUT2D eigenvalue weighted by atomic mass is 35.5. The van der Waals surface area contributed by atoms with Gasteiger partial charge in [-0.1, -0.05) is 35.0 Å².